The molecule has 0 aromatic heterocycles. The summed E-state index contributed by atoms with van der Waals surface area (Å²) in [5.41, 5.74) is 1.93. The van der Waals surface area contributed by atoms with Gasteiger partial charge in [0, 0.05) is 12.1 Å². The summed E-state index contributed by atoms with van der Waals surface area (Å²) in [5, 5.41) is 0. The summed E-state index contributed by atoms with van der Waals surface area (Å²) >= 11 is 0. The van der Waals surface area contributed by atoms with Gasteiger partial charge < -0.3 is 4.48 Å². The topological polar surface area (TPSA) is 46.2 Å². The predicted molar refractivity (Wildman–Crippen MR) is 92.5 cm³/mol. The van der Waals surface area contributed by atoms with E-state index in [9.17, 15) is 8.42 Å². The van der Waals surface area contributed by atoms with Crippen molar-refractivity contribution < 1.29 is 12.9 Å². The van der Waals surface area contributed by atoms with Crippen molar-refractivity contribution >= 4 is 15.7 Å². The lowest BCUT2D eigenvalue weighted by Gasteiger charge is -2.37. The SMILES string of the molecule is CC[N+]1(CCc2ccc(NS(C)(=O)=O)cc2)CCCCCC1. The molecular formula is C17H29N2O2S+. The third-order valence-electron chi connectivity index (χ3n) is 4.82. The van der Waals surface area contributed by atoms with Gasteiger partial charge in [-0.3, -0.25) is 4.72 Å². The minimum atomic E-state index is -3.19. The Balaban J connectivity index is 1.95. The molecule has 1 aromatic rings. The first-order valence-electron chi connectivity index (χ1n) is 8.34. The third kappa shape index (κ3) is 5.29. The highest BCUT2D eigenvalue weighted by Gasteiger charge is 2.26. The number of benzene rings is 1. The Kier molecular flexibility index (Phi) is 5.87. The molecule has 2 rings (SSSR count). The quantitative estimate of drug-likeness (QED) is 0.817. The fraction of sp³-hybridized carbons (Fsp3) is 0.647. The molecule has 0 atom stereocenters. The second-order valence-electron chi connectivity index (χ2n) is 6.56. The van der Waals surface area contributed by atoms with E-state index in [2.05, 4.69) is 11.6 Å². The Morgan fingerprint density at radius 3 is 2.14 bits per heavy atom. The standard InChI is InChI=1S/C17H29N2O2S/c1-3-19(13-6-4-5-7-14-19)15-12-16-8-10-17(11-9-16)18-22(2,20)21/h8-11,18H,3-7,12-15H2,1-2H3/q+1. The summed E-state index contributed by atoms with van der Waals surface area (Å²) in [5.74, 6) is 0. The van der Waals surface area contributed by atoms with Gasteiger partial charge in [0.1, 0.15) is 0 Å². The van der Waals surface area contributed by atoms with Gasteiger partial charge in [-0.2, -0.15) is 0 Å². The maximum atomic E-state index is 11.2. The number of sulfonamides is 1. The van der Waals surface area contributed by atoms with E-state index >= 15 is 0 Å². The number of hydrogen-bond acceptors (Lipinski definition) is 2. The van der Waals surface area contributed by atoms with Gasteiger partial charge in [0.15, 0.2) is 0 Å². The molecule has 0 bridgehead atoms. The smallest absolute Gasteiger partial charge is 0.229 e. The Morgan fingerprint density at radius 1 is 1.05 bits per heavy atom. The van der Waals surface area contributed by atoms with E-state index in [1.54, 1.807) is 0 Å². The molecule has 0 saturated carbocycles. The lowest BCUT2D eigenvalue weighted by molar-refractivity contribution is -0.925. The molecule has 1 N–H and O–H groups in total. The molecule has 1 aliphatic rings. The van der Waals surface area contributed by atoms with E-state index in [0.717, 1.165) is 6.42 Å². The number of nitrogens with one attached hydrogen (secondary N) is 1. The average Bonchev–Trinajstić information content (AvgIpc) is 2.71. The van der Waals surface area contributed by atoms with Crippen molar-refractivity contribution in [3.63, 3.8) is 0 Å². The van der Waals surface area contributed by atoms with Crippen LogP contribution in [-0.4, -0.2) is 45.3 Å². The highest BCUT2D eigenvalue weighted by atomic mass is 32.2. The first-order valence-corrected chi connectivity index (χ1v) is 10.2. The fourth-order valence-electron chi connectivity index (χ4n) is 3.38. The summed E-state index contributed by atoms with van der Waals surface area (Å²) in [6.45, 7) is 7.34. The zero-order valence-electron chi connectivity index (χ0n) is 13.8. The van der Waals surface area contributed by atoms with Gasteiger partial charge in [0.05, 0.1) is 32.4 Å². The molecule has 5 heteroatoms. The van der Waals surface area contributed by atoms with E-state index in [1.807, 2.05) is 24.3 Å². The van der Waals surface area contributed by atoms with Gasteiger partial charge in [0.25, 0.3) is 0 Å². The second kappa shape index (κ2) is 7.47. The summed E-state index contributed by atoms with van der Waals surface area (Å²) in [4.78, 5) is 0. The van der Waals surface area contributed by atoms with Crippen LogP contribution in [0.25, 0.3) is 0 Å². The normalized spacial score (nSPS) is 18.6. The molecule has 4 nitrogen and oxygen atoms in total. The van der Waals surface area contributed by atoms with Crippen LogP contribution < -0.4 is 4.72 Å². The minimum absolute atomic E-state index is 0.639. The number of hydrogen-bond donors (Lipinski definition) is 1. The molecule has 1 aromatic carbocycles. The molecule has 22 heavy (non-hydrogen) atoms. The number of likely N-dealkylation sites (tertiary alicyclic amines) is 1. The molecule has 1 aliphatic heterocycles. The van der Waals surface area contributed by atoms with Crippen LogP contribution >= 0.6 is 0 Å². The lowest BCUT2D eigenvalue weighted by Crippen LogP contribution is -2.49. The summed E-state index contributed by atoms with van der Waals surface area (Å²) in [6, 6.07) is 7.79. The van der Waals surface area contributed by atoms with Crippen molar-refractivity contribution in [3.8, 4) is 0 Å². The van der Waals surface area contributed by atoms with Crippen molar-refractivity contribution in [2.75, 3.05) is 37.2 Å². The molecule has 124 valence electrons. The molecule has 0 aliphatic carbocycles. The van der Waals surface area contributed by atoms with Gasteiger partial charge in [-0.15, -0.1) is 0 Å². The molecule has 0 unspecified atom stereocenters. The van der Waals surface area contributed by atoms with Crippen LogP contribution in [0.3, 0.4) is 0 Å². The highest BCUT2D eigenvalue weighted by molar-refractivity contribution is 7.92. The molecule has 1 fully saturated rings. The fourth-order valence-corrected chi connectivity index (χ4v) is 3.94. The lowest BCUT2D eigenvalue weighted by atomic mass is 10.1. The van der Waals surface area contributed by atoms with Gasteiger partial charge >= 0.3 is 0 Å². The third-order valence-corrected chi connectivity index (χ3v) is 5.42. The molecule has 0 spiro atoms. The van der Waals surface area contributed by atoms with Crippen LogP contribution in [-0.2, 0) is 16.4 Å². The van der Waals surface area contributed by atoms with E-state index in [0.29, 0.717) is 5.69 Å². The molecule has 1 heterocycles. The van der Waals surface area contributed by atoms with E-state index < -0.39 is 10.0 Å². The first-order chi connectivity index (χ1) is 10.4. The van der Waals surface area contributed by atoms with Crippen molar-refractivity contribution in [2.45, 2.75) is 39.0 Å². The molecule has 0 amide bonds. The number of likely N-dealkylation sites (N-methyl/N-ethyl adjacent to an activating group) is 1. The summed E-state index contributed by atoms with van der Waals surface area (Å²) in [6.07, 6.45) is 7.70. The minimum Gasteiger partial charge on any atom is -0.324 e. The Hall–Kier alpha value is -1.07. The average molecular weight is 325 g/mol. The maximum absolute atomic E-state index is 11.2. The maximum Gasteiger partial charge on any atom is 0.229 e. The van der Waals surface area contributed by atoms with Crippen LogP contribution in [0, 0.1) is 0 Å². The van der Waals surface area contributed by atoms with Crippen molar-refractivity contribution in [2.24, 2.45) is 0 Å². The number of anilines is 1. The van der Waals surface area contributed by atoms with Gasteiger partial charge in [-0.25, -0.2) is 8.42 Å². The zero-order chi connectivity index (χ0) is 16.1. The van der Waals surface area contributed by atoms with Crippen molar-refractivity contribution in [1.29, 1.82) is 0 Å². The van der Waals surface area contributed by atoms with Gasteiger partial charge in [0.2, 0.25) is 10.0 Å². The van der Waals surface area contributed by atoms with Crippen LogP contribution in [0.4, 0.5) is 5.69 Å². The summed E-state index contributed by atoms with van der Waals surface area (Å²) < 4.78 is 26.2. The van der Waals surface area contributed by atoms with Gasteiger partial charge in [-0.1, -0.05) is 12.1 Å². The van der Waals surface area contributed by atoms with Gasteiger partial charge in [-0.05, 0) is 50.3 Å². The highest BCUT2D eigenvalue weighted by Crippen LogP contribution is 2.20. The Bertz CT molecular complexity index is 559. The Morgan fingerprint density at radius 2 is 1.64 bits per heavy atom. The molecule has 0 radical (unpaired) electrons. The number of rotatable bonds is 6. The van der Waals surface area contributed by atoms with Crippen molar-refractivity contribution in [1.82, 2.24) is 0 Å². The van der Waals surface area contributed by atoms with E-state index in [1.165, 1.54) is 68.2 Å². The zero-order valence-corrected chi connectivity index (χ0v) is 14.7. The van der Waals surface area contributed by atoms with Crippen LogP contribution in [0.5, 0.6) is 0 Å². The van der Waals surface area contributed by atoms with Crippen LogP contribution in [0.2, 0.25) is 0 Å². The molecule has 1 saturated heterocycles. The van der Waals surface area contributed by atoms with Crippen LogP contribution in [0.1, 0.15) is 38.2 Å². The second-order valence-corrected chi connectivity index (χ2v) is 8.31. The Labute approximate surface area is 135 Å². The number of quaternary nitrogens is 1. The largest absolute Gasteiger partial charge is 0.324 e. The molecular weight excluding hydrogens is 296 g/mol. The van der Waals surface area contributed by atoms with E-state index in [4.69, 9.17) is 0 Å². The summed E-state index contributed by atoms with van der Waals surface area (Å²) in [7, 11) is -3.19. The van der Waals surface area contributed by atoms with Crippen molar-refractivity contribution in [3.05, 3.63) is 29.8 Å². The predicted octanol–water partition coefficient (Wildman–Crippen LogP) is 3.01. The van der Waals surface area contributed by atoms with E-state index in [-0.39, 0.29) is 0 Å². The first kappa shape index (κ1) is 17.3. The van der Waals surface area contributed by atoms with Crippen LogP contribution in [0.15, 0.2) is 24.3 Å². The number of nitrogens with zero attached hydrogens (tertiary/aromatic N) is 1. The monoisotopic (exact) mass is 325 g/mol.